The molecule has 0 radical (unpaired) electrons. The van der Waals surface area contributed by atoms with Crippen LogP contribution in [0.3, 0.4) is 0 Å². The number of anilines is 2. The molecule has 3 N–H and O–H groups in total. The number of aromatic nitrogens is 2. The second kappa shape index (κ2) is 10.4. The molecule has 206 valence electrons. The van der Waals surface area contributed by atoms with Crippen LogP contribution in [0.4, 0.5) is 11.4 Å². The number of aryl methyl sites for hydroxylation is 2. The predicted octanol–water partition coefficient (Wildman–Crippen LogP) is 5.04. The van der Waals surface area contributed by atoms with E-state index in [0.29, 0.717) is 10.8 Å². The number of nitrogens with one attached hydrogen (secondary N) is 2. The molecule has 1 aliphatic rings. The Morgan fingerprint density at radius 1 is 1.05 bits per heavy atom. The standard InChI is InChI=1S/C29H29N5O4S2/c1-17-8-9-20(28(35)36)16-25(17)33-18(2)15-23(19(33)3)27-26(24-7-5-6-14-30-24)31-29(39)34(27)22-12-10-21(11-13-22)32-40(4,37)38/h5-16,26-27,32H,1-4H3,(H,31,39)(H,35,36)/t26-,27-/m0/s1. The molecule has 1 aliphatic heterocycles. The topological polar surface area (TPSA) is 117 Å². The molecule has 40 heavy (non-hydrogen) atoms. The van der Waals surface area contributed by atoms with Gasteiger partial charge in [0.25, 0.3) is 0 Å². The van der Waals surface area contributed by atoms with E-state index in [1.165, 1.54) is 0 Å². The number of aromatic carboxylic acids is 1. The number of hydrogen-bond donors (Lipinski definition) is 3. The summed E-state index contributed by atoms with van der Waals surface area (Å²) in [7, 11) is -3.41. The Balaban J connectivity index is 1.65. The van der Waals surface area contributed by atoms with Gasteiger partial charge in [-0.05, 0) is 98.7 Å². The maximum absolute atomic E-state index is 11.7. The van der Waals surface area contributed by atoms with Crippen molar-refractivity contribution in [1.29, 1.82) is 0 Å². The average Bonchev–Trinajstić information content (AvgIpc) is 3.39. The van der Waals surface area contributed by atoms with Gasteiger partial charge in [0.1, 0.15) is 0 Å². The SMILES string of the molecule is Cc1ccc(C(=O)O)cc1-n1c(C)cc([C@H]2[C@H](c3ccccn3)NC(=S)N2c2ccc(NS(C)(=O)=O)cc2)c1C. The van der Waals surface area contributed by atoms with E-state index in [-0.39, 0.29) is 17.6 Å². The summed E-state index contributed by atoms with van der Waals surface area (Å²) in [6.07, 6.45) is 2.85. The zero-order valence-electron chi connectivity index (χ0n) is 22.4. The van der Waals surface area contributed by atoms with Crippen molar-refractivity contribution in [1.82, 2.24) is 14.9 Å². The minimum absolute atomic E-state index is 0.217. The number of carboxylic acids is 1. The Kier molecular flexibility index (Phi) is 7.11. The highest BCUT2D eigenvalue weighted by Gasteiger charge is 2.42. The Morgan fingerprint density at radius 3 is 2.40 bits per heavy atom. The van der Waals surface area contributed by atoms with E-state index in [4.69, 9.17) is 12.2 Å². The van der Waals surface area contributed by atoms with Crippen molar-refractivity contribution in [3.63, 3.8) is 0 Å². The third kappa shape index (κ3) is 5.17. The molecular weight excluding hydrogens is 546 g/mol. The van der Waals surface area contributed by atoms with Crippen LogP contribution in [-0.2, 0) is 10.0 Å². The van der Waals surface area contributed by atoms with E-state index in [1.807, 2.05) is 62.1 Å². The number of pyridine rings is 1. The molecule has 1 saturated heterocycles. The lowest BCUT2D eigenvalue weighted by Crippen LogP contribution is -2.29. The van der Waals surface area contributed by atoms with Crippen molar-refractivity contribution < 1.29 is 18.3 Å². The summed E-state index contributed by atoms with van der Waals surface area (Å²) in [5.41, 5.74) is 6.92. The summed E-state index contributed by atoms with van der Waals surface area (Å²) in [4.78, 5) is 18.4. The molecule has 0 unspecified atom stereocenters. The smallest absolute Gasteiger partial charge is 0.335 e. The van der Waals surface area contributed by atoms with Gasteiger partial charge in [0.2, 0.25) is 10.0 Å². The number of thiocarbonyl (C=S) groups is 1. The highest BCUT2D eigenvalue weighted by atomic mass is 32.2. The van der Waals surface area contributed by atoms with Gasteiger partial charge in [-0.1, -0.05) is 12.1 Å². The lowest BCUT2D eigenvalue weighted by molar-refractivity contribution is 0.0697. The van der Waals surface area contributed by atoms with E-state index < -0.39 is 16.0 Å². The van der Waals surface area contributed by atoms with Gasteiger partial charge >= 0.3 is 5.97 Å². The Hall–Kier alpha value is -4.22. The first kappa shape index (κ1) is 27.4. The molecule has 0 bridgehead atoms. The maximum Gasteiger partial charge on any atom is 0.335 e. The average molecular weight is 576 g/mol. The first-order chi connectivity index (χ1) is 18.9. The molecule has 4 aromatic rings. The molecule has 0 saturated carbocycles. The van der Waals surface area contributed by atoms with Gasteiger partial charge < -0.3 is 19.9 Å². The van der Waals surface area contributed by atoms with Gasteiger partial charge in [-0.15, -0.1) is 0 Å². The Bertz CT molecular complexity index is 1720. The molecule has 2 atom stereocenters. The van der Waals surface area contributed by atoms with Crippen LogP contribution in [-0.4, -0.2) is 40.4 Å². The second-order valence-electron chi connectivity index (χ2n) is 9.89. The van der Waals surface area contributed by atoms with Crippen molar-refractivity contribution in [3.05, 3.63) is 107 Å². The van der Waals surface area contributed by atoms with E-state index in [2.05, 4.69) is 25.7 Å². The van der Waals surface area contributed by atoms with Crippen molar-refractivity contribution in [3.8, 4) is 5.69 Å². The molecule has 3 heterocycles. The number of carbonyl (C=O) groups is 1. The minimum atomic E-state index is -3.41. The molecule has 11 heteroatoms. The summed E-state index contributed by atoms with van der Waals surface area (Å²) in [5.74, 6) is -0.982. The van der Waals surface area contributed by atoms with Crippen molar-refractivity contribution in [2.45, 2.75) is 32.9 Å². The van der Waals surface area contributed by atoms with E-state index in [1.54, 1.807) is 30.5 Å². The minimum Gasteiger partial charge on any atom is -0.478 e. The van der Waals surface area contributed by atoms with Crippen LogP contribution in [0.2, 0.25) is 0 Å². The summed E-state index contributed by atoms with van der Waals surface area (Å²) in [5, 5.41) is 13.6. The van der Waals surface area contributed by atoms with Gasteiger partial charge in [0.05, 0.1) is 29.6 Å². The van der Waals surface area contributed by atoms with E-state index >= 15 is 0 Å². The van der Waals surface area contributed by atoms with Gasteiger partial charge in [-0.3, -0.25) is 9.71 Å². The van der Waals surface area contributed by atoms with E-state index in [0.717, 1.165) is 45.8 Å². The molecule has 0 amide bonds. The zero-order valence-corrected chi connectivity index (χ0v) is 24.0. The van der Waals surface area contributed by atoms with Crippen LogP contribution >= 0.6 is 12.2 Å². The highest BCUT2D eigenvalue weighted by molar-refractivity contribution is 7.92. The highest BCUT2D eigenvalue weighted by Crippen LogP contribution is 2.44. The van der Waals surface area contributed by atoms with Crippen molar-refractivity contribution in [2.24, 2.45) is 0 Å². The number of hydrogen-bond acceptors (Lipinski definition) is 5. The summed E-state index contributed by atoms with van der Waals surface area (Å²) in [6, 6.07) is 19.5. The fourth-order valence-electron chi connectivity index (χ4n) is 5.29. The van der Waals surface area contributed by atoms with Crippen molar-refractivity contribution >= 4 is 44.7 Å². The molecule has 5 rings (SSSR count). The number of benzene rings is 2. The molecule has 2 aromatic heterocycles. The molecular formula is C29H29N5O4S2. The van der Waals surface area contributed by atoms with Crippen LogP contribution in [0.15, 0.2) is 72.9 Å². The Morgan fingerprint density at radius 2 is 1.77 bits per heavy atom. The van der Waals surface area contributed by atoms with Gasteiger partial charge in [-0.2, -0.15) is 0 Å². The van der Waals surface area contributed by atoms with Crippen LogP contribution < -0.4 is 14.9 Å². The Labute approximate surface area is 238 Å². The van der Waals surface area contributed by atoms with Crippen LogP contribution in [0.5, 0.6) is 0 Å². The molecule has 1 fully saturated rings. The fourth-order valence-corrected chi connectivity index (χ4v) is 6.20. The lowest BCUT2D eigenvalue weighted by atomic mass is 9.96. The monoisotopic (exact) mass is 575 g/mol. The number of sulfonamides is 1. The van der Waals surface area contributed by atoms with Crippen LogP contribution in [0.1, 0.15) is 50.7 Å². The van der Waals surface area contributed by atoms with Crippen LogP contribution in [0, 0.1) is 20.8 Å². The van der Waals surface area contributed by atoms with Crippen LogP contribution in [0.25, 0.3) is 5.69 Å². The number of carboxylic acid groups (broad SMARTS) is 1. The maximum atomic E-state index is 11.7. The van der Waals surface area contributed by atoms with E-state index in [9.17, 15) is 18.3 Å². The first-order valence-electron chi connectivity index (χ1n) is 12.6. The quantitative estimate of drug-likeness (QED) is 0.262. The third-order valence-corrected chi connectivity index (χ3v) is 7.95. The zero-order chi connectivity index (χ0) is 28.8. The van der Waals surface area contributed by atoms with Crippen molar-refractivity contribution in [2.75, 3.05) is 15.9 Å². The first-order valence-corrected chi connectivity index (χ1v) is 14.9. The summed E-state index contributed by atoms with van der Waals surface area (Å²) < 4.78 is 28.0. The van der Waals surface area contributed by atoms with Gasteiger partial charge in [-0.25, -0.2) is 13.2 Å². The fraction of sp³-hybridized carbons (Fsp3) is 0.207. The largest absolute Gasteiger partial charge is 0.478 e. The second-order valence-corrected chi connectivity index (χ2v) is 12.0. The predicted molar refractivity (Wildman–Crippen MR) is 160 cm³/mol. The van der Waals surface area contributed by atoms with Gasteiger partial charge in [0, 0.05) is 34.6 Å². The number of rotatable bonds is 7. The molecule has 0 aliphatic carbocycles. The third-order valence-electron chi connectivity index (χ3n) is 7.03. The lowest BCUT2D eigenvalue weighted by Gasteiger charge is -2.28. The molecule has 9 nitrogen and oxygen atoms in total. The van der Waals surface area contributed by atoms with Gasteiger partial charge in [0.15, 0.2) is 5.11 Å². The summed E-state index contributed by atoms with van der Waals surface area (Å²) >= 11 is 5.84. The molecule has 2 aromatic carbocycles. The molecule has 0 spiro atoms. The summed E-state index contributed by atoms with van der Waals surface area (Å²) in [6.45, 7) is 5.97. The normalized spacial score (nSPS) is 17.1. The number of nitrogens with zero attached hydrogens (tertiary/aromatic N) is 3.